The fraction of sp³-hybridized carbons (Fsp3) is 0.353. The maximum atomic E-state index is 10.7. The summed E-state index contributed by atoms with van der Waals surface area (Å²) in [7, 11) is 0. The Hall–Kier alpha value is -2.27. The van der Waals surface area contributed by atoms with E-state index in [2.05, 4.69) is 23.7 Å². The number of benzene rings is 1. The largest absolute Gasteiger partial charge is 0.478 e. The zero-order valence-electron chi connectivity index (χ0n) is 11.4. The number of hydrogen-bond acceptors (Lipinski definition) is 3. The van der Waals surface area contributed by atoms with Crippen molar-refractivity contribution in [1.82, 2.24) is 0 Å². The average Bonchev–Trinajstić information content (AvgIpc) is 2.93. The topological polar surface area (TPSA) is 55.8 Å². The van der Waals surface area contributed by atoms with Crippen LogP contribution in [-0.2, 0) is 9.47 Å². The van der Waals surface area contributed by atoms with E-state index < -0.39 is 5.97 Å². The fourth-order valence-corrected chi connectivity index (χ4v) is 2.46. The molecule has 3 rings (SSSR count). The molecule has 1 saturated carbocycles. The molecular weight excluding hydrogens is 268 g/mol. The van der Waals surface area contributed by atoms with Crippen LogP contribution in [-0.4, -0.2) is 30.1 Å². The Morgan fingerprint density at radius 2 is 1.81 bits per heavy atom. The highest BCUT2D eigenvalue weighted by atomic mass is 16.7. The molecule has 0 unspecified atom stereocenters. The Morgan fingerprint density at radius 3 is 2.43 bits per heavy atom. The standard InChI is InChI=1S/C17H14O4/c18-16(19)15-7-5-13(6-8-15)3-1-2-4-14-11-17(12-14)20-9-10-21-17/h5-8,14H,9-12H2,(H,18,19). The van der Waals surface area contributed by atoms with Crippen molar-refractivity contribution < 1.29 is 19.4 Å². The molecule has 1 saturated heterocycles. The van der Waals surface area contributed by atoms with Crippen molar-refractivity contribution >= 4 is 5.97 Å². The second kappa shape index (κ2) is 5.61. The van der Waals surface area contributed by atoms with Gasteiger partial charge in [-0.3, -0.25) is 0 Å². The van der Waals surface area contributed by atoms with Crippen LogP contribution in [0.25, 0.3) is 0 Å². The normalized spacial score (nSPS) is 19.0. The fourth-order valence-electron chi connectivity index (χ4n) is 2.46. The van der Waals surface area contributed by atoms with E-state index in [9.17, 15) is 4.79 Å². The molecule has 0 aromatic heterocycles. The number of aromatic carboxylic acids is 1. The molecule has 106 valence electrons. The van der Waals surface area contributed by atoms with Gasteiger partial charge in [0, 0.05) is 24.3 Å². The highest BCUT2D eigenvalue weighted by Crippen LogP contribution is 2.43. The van der Waals surface area contributed by atoms with Gasteiger partial charge >= 0.3 is 5.97 Å². The number of hydrogen-bond donors (Lipinski definition) is 1. The summed E-state index contributed by atoms with van der Waals surface area (Å²) in [6, 6.07) is 6.42. The minimum Gasteiger partial charge on any atom is -0.478 e. The van der Waals surface area contributed by atoms with Crippen molar-refractivity contribution in [3.8, 4) is 23.7 Å². The van der Waals surface area contributed by atoms with Crippen LogP contribution in [0.5, 0.6) is 0 Å². The summed E-state index contributed by atoms with van der Waals surface area (Å²) in [5, 5.41) is 8.79. The summed E-state index contributed by atoms with van der Waals surface area (Å²) in [4.78, 5) is 10.7. The first-order valence-electron chi connectivity index (χ1n) is 6.80. The molecule has 0 radical (unpaired) electrons. The molecular formula is C17H14O4. The molecule has 21 heavy (non-hydrogen) atoms. The summed E-state index contributed by atoms with van der Waals surface area (Å²) in [5.74, 6) is 10.6. The lowest BCUT2D eigenvalue weighted by molar-refractivity contribution is -0.220. The van der Waals surface area contributed by atoms with Gasteiger partial charge in [0.15, 0.2) is 5.79 Å². The van der Waals surface area contributed by atoms with E-state index in [1.807, 2.05) is 0 Å². The van der Waals surface area contributed by atoms with Gasteiger partial charge in [-0.05, 0) is 36.1 Å². The van der Waals surface area contributed by atoms with Crippen LogP contribution in [0.15, 0.2) is 24.3 Å². The van der Waals surface area contributed by atoms with Gasteiger partial charge in [-0.25, -0.2) is 4.79 Å². The van der Waals surface area contributed by atoms with E-state index in [0.29, 0.717) is 13.2 Å². The van der Waals surface area contributed by atoms with Crippen LogP contribution in [0.4, 0.5) is 0 Å². The van der Waals surface area contributed by atoms with Crippen LogP contribution < -0.4 is 0 Å². The summed E-state index contributed by atoms with van der Waals surface area (Å²) < 4.78 is 11.1. The van der Waals surface area contributed by atoms with E-state index in [1.165, 1.54) is 12.1 Å². The highest BCUT2D eigenvalue weighted by molar-refractivity contribution is 5.87. The van der Waals surface area contributed by atoms with Crippen molar-refractivity contribution in [3.63, 3.8) is 0 Å². The van der Waals surface area contributed by atoms with E-state index >= 15 is 0 Å². The van der Waals surface area contributed by atoms with Gasteiger partial charge in [-0.15, -0.1) is 0 Å². The van der Waals surface area contributed by atoms with Crippen molar-refractivity contribution in [2.24, 2.45) is 5.92 Å². The molecule has 1 N–H and O–H groups in total. The number of carbonyl (C=O) groups is 1. The van der Waals surface area contributed by atoms with Gasteiger partial charge < -0.3 is 14.6 Å². The first-order chi connectivity index (χ1) is 10.2. The Kier molecular flexibility index (Phi) is 3.66. The molecule has 1 aromatic carbocycles. The molecule has 4 nitrogen and oxygen atoms in total. The molecule has 1 aromatic rings. The lowest BCUT2D eigenvalue weighted by Gasteiger charge is -2.40. The maximum Gasteiger partial charge on any atom is 0.335 e. The van der Waals surface area contributed by atoms with Crippen LogP contribution >= 0.6 is 0 Å². The lowest BCUT2D eigenvalue weighted by Crippen LogP contribution is -2.44. The van der Waals surface area contributed by atoms with E-state index in [0.717, 1.165) is 18.4 Å². The van der Waals surface area contributed by atoms with Crippen LogP contribution in [0, 0.1) is 29.6 Å². The Morgan fingerprint density at radius 1 is 1.14 bits per heavy atom. The zero-order chi connectivity index (χ0) is 14.7. The molecule has 1 spiro atoms. The summed E-state index contributed by atoms with van der Waals surface area (Å²) in [6.45, 7) is 1.35. The monoisotopic (exact) mass is 282 g/mol. The molecule has 1 heterocycles. The van der Waals surface area contributed by atoms with Crippen LogP contribution in [0.2, 0.25) is 0 Å². The first-order valence-corrected chi connectivity index (χ1v) is 6.80. The highest BCUT2D eigenvalue weighted by Gasteiger charge is 2.48. The van der Waals surface area contributed by atoms with Crippen molar-refractivity contribution in [3.05, 3.63) is 35.4 Å². The lowest BCUT2D eigenvalue weighted by atomic mass is 9.79. The first kappa shape index (κ1) is 13.7. The Balaban J connectivity index is 1.54. The van der Waals surface area contributed by atoms with E-state index in [1.54, 1.807) is 12.1 Å². The SMILES string of the molecule is O=C(O)c1ccc(C#CC#CC2CC3(C2)OCCO3)cc1. The molecule has 4 heteroatoms. The van der Waals surface area contributed by atoms with Crippen molar-refractivity contribution in [2.45, 2.75) is 18.6 Å². The van der Waals surface area contributed by atoms with E-state index in [4.69, 9.17) is 14.6 Å². The summed E-state index contributed by atoms with van der Waals surface area (Å²) in [5.41, 5.74) is 1.00. The predicted molar refractivity (Wildman–Crippen MR) is 75.4 cm³/mol. The third-order valence-electron chi connectivity index (χ3n) is 3.61. The van der Waals surface area contributed by atoms with Gasteiger partial charge in [-0.1, -0.05) is 11.8 Å². The van der Waals surface area contributed by atoms with E-state index in [-0.39, 0.29) is 17.3 Å². The number of carboxylic acids is 1. The minimum absolute atomic E-state index is 0.253. The predicted octanol–water partition coefficient (Wildman–Crippen LogP) is 1.89. The van der Waals surface area contributed by atoms with Gasteiger partial charge in [0.1, 0.15) is 0 Å². The zero-order valence-corrected chi connectivity index (χ0v) is 11.4. The summed E-state index contributed by atoms with van der Waals surface area (Å²) in [6.07, 6.45) is 1.63. The molecule has 2 aliphatic rings. The number of rotatable bonds is 1. The summed E-state index contributed by atoms with van der Waals surface area (Å²) >= 11 is 0. The van der Waals surface area contributed by atoms with Crippen LogP contribution in [0.1, 0.15) is 28.8 Å². The molecule has 0 atom stereocenters. The maximum absolute atomic E-state index is 10.7. The third kappa shape index (κ3) is 3.08. The third-order valence-corrected chi connectivity index (χ3v) is 3.61. The quantitative estimate of drug-likeness (QED) is 0.799. The van der Waals surface area contributed by atoms with Crippen LogP contribution in [0.3, 0.4) is 0 Å². The molecule has 1 aliphatic carbocycles. The van der Waals surface area contributed by atoms with Gasteiger partial charge in [0.25, 0.3) is 0 Å². The van der Waals surface area contributed by atoms with Gasteiger partial charge in [0.2, 0.25) is 0 Å². The van der Waals surface area contributed by atoms with Gasteiger partial charge in [-0.2, -0.15) is 0 Å². The molecule has 0 amide bonds. The Labute approximate surface area is 123 Å². The van der Waals surface area contributed by atoms with Crippen molar-refractivity contribution in [2.75, 3.05) is 13.2 Å². The molecule has 0 bridgehead atoms. The Bertz CT molecular complexity index is 653. The minimum atomic E-state index is -0.940. The smallest absolute Gasteiger partial charge is 0.335 e. The second-order valence-corrected chi connectivity index (χ2v) is 5.11. The van der Waals surface area contributed by atoms with Crippen molar-refractivity contribution in [1.29, 1.82) is 0 Å². The number of carboxylic acid groups (broad SMARTS) is 1. The average molecular weight is 282 g/mol. The van der Waals surface area contributed by atoms with Gasteiger partial charge in [0.05, 0.1) is 18.8 Å². The molecule has 1 aliphatic heterocycles. The molecule has 2 fully saturated rings. The number of ether oxygens (including phenoxy) is 2. The second-order valence-electron chi connectivity index (χ2n) is 5.11.